The zero-order valence-electron chi connectivity index (χ0n) is 10.0. The lowest BCUT2D eigenvalue weighted by atomic mass is 9.88. The summed E-state index contributed by atoms with van der Waals surface area (Å²) in [5, 5.41) is 8.90. The fourth-order valence-corrected chi connectivity index (χ4v) is 2.41. The summed E-state index contributed by atoms with van der Waals surface area (Å²) in [5.41, 5.74) is 3.32. The van der Waals surface area contributed by atoms with Crippen molar-refractivity contribution >= 4 is 0 Å². The van der Waals surface area contributed by atoms with Gasteiger partial charge in [0.05, 0.1) is 11.6 Å². The van der Waals surface area contributed by atoms with Gasteiger partial charge in [0.25, 0.3) is 0 Å². The SMILES string of the molecule is Cc1cc(C2CCN(C)CC2)ccc1C#N. The zero-order valence-corrected chi connectivity index (χ0v) is 10.0. The molecule has 0 bridgehead atoms. The van der Waals surface area contributed by atoms with Gasteiger partial charge >= 0.3 is 0 Å². The highest BCUT2D eigenvalue weighted by atomic mass is 15.1. The molecule has 84 valence electrons. The first kappa shape index (κ1) is 11.2. The summed E-state index contributed by atoms with van der Waals surface area (Å²) in [6.45, 7) is 4.39. The average Bonchev–Trinajstić information content (AvgIpc) is 2.30. The van der Waals surface area contributed by atoms with Crippen molar-refractivity contribution in [1.29, 1.82) is 5.26 Å². The molecule has 1 aromatic carbocycles. The molecule has 0 spiro atoms. The molecule has 2 heteroatoms. The monoisotopic (exact) mass is 214 g/mol. The third-order valence-corrected chi connectivity index (χ3v) is 3.56. The van der Waals surface area contributed by atoms with E-state index in [2.05, 4.69) is 30.1 Å². The van der Waals surface area contributed by atoms with Crippen LogP contribution < -0.4 is 0 Å². The Bertz CT molecular complexity index is 409. The molecule has 1 aliphatic heterocycles. The molecular formula is C14H18N2. The molecule has 0 N–H and O–H groups in total. The number of likely N-dealkylation sites (tertiary alicyclic amines) is 1. The molecular weight excluding hydrogens is 196 g/mol. The van der Waals surface area contributed by atoms with E-state index in [0.717, 1.165) is 11.1 Å². The molecule has 1 aliphatic rings. The van der Waals surface area contributed by atoms with E-state index in [1.165, 1.54) is 31.5 Å². The maximum Gasteiger partial charge on any atom is 0.0994 e. The smallest absolute Gasteiger partial charge is 0.0994 e. The summed E-state index contributed by atoms with van der Waals surface area (Å²) in [4.78, 5) is 2.38. The molecule has 0 aliphatic carbocycles. The normalized spacial score (nSPS) is 18.3. The van der Waals surface area contributed by atoms with Gasteiger partial charge in [0, 0.05) is 0 Å². The fraction of sp³-hybridized carbons (Fsp3) is 0.500. The lowest BCUT2D eigenvalue weighted by molar-refractivity contribution is 0.255. The van der Waals surface area contributed by atoms with Crippen LogP contribution in [-0.2, 0) is 0 Å². The first-order valence-corrected chi connectivity index (χ1v) is 5.90. The maximum atomic E-state index is 8.90. The molecule has 1 saturated heterocycles. The van der Waals surface area contributed by atoms with Crippen molar-refractivity contribution in [3.63, 3.8) is 0 Å². The van der Waals surface area contributed by atoms with E-state index in [1.807, 2.05) is 13.0 Å². The van der Waals surface area contributed by atoms with Gasteiger partial charge in [-0.1, -0.05) is 12.1 Å². The van der Waals surface area contributed by atoms with Gasteiger partial charge in [-0.2, -0.15) is 5.26 Å². The Hall–Kier alpha value is -1.33. The molecule has 0 aromatic heterocycles. The third kappa shape index (κ3) is 2.25. The Labute approximate surface area is 97.5 Å². The first-order valence-electron chi connectivity index (χ1n) is 5.90. The molecule has 1 aromatic rings. The molecule has 16 heavy (non-hydrogen) atoms. The van der Waals surface area contributed by atoms with Crippen LogP contribution in [0.15, 0.2) is 18.2 Å². The van der Waals surface area contributed by atoms with Crippen LogP contribution in [0, 0.1) is 18.3 Å². The van der Waals surface area contributed by atoms with Crippen molar-refractivity contribution in [3.05, 3.63) is 34.9 Å². The van der Waals surface area contributed by atoms with Crippen molar-refractivity contribution in [2.24, 2.45) is 0 Å². The molecule has 0 saturated carbocycles. The number of piperidine rings is 1. The Balaban J connectivity index is 2.16. The van der Waals surface area contributed by atoms with Gasteiger partial charge in [-0.25, -0.2) is 0 Å². The summed E-state index contributed by atoms with van der Waals surface area (Å²) in [5.74, 6) is 0.683. The van der Waals surface area contributed by atoms with E-state index in [1.54, 1.807) is 0 Å². The van der Waals surface area contributed by atoms with E-state index in [0.29, 0.717) is 5.92 Å². The zero-order chi connectivity index (χ0) is 11.5. The van der Waals surface area contributed by atoms with Crippen molar-refractivity contribution in [1.82, 2.24) is 4.90 Å². The maximum absolute atomic E-state index is 8.90. The Morgan fingerprint density at radius 3 is 2.56 bits per heavy atom. The van der Waals surface area contributed by atoms with Crippen LogP contribution in [0.3, 0.4) is 0 Å². The number of hydrogen-bond donors (Lipinski definition) is 0. The van der Waals surface area contributed by atoms with E-state index >= 15 is 0 Å². The van der Waals surface area contributed by atoms with E-state index in [-0.39, 0.29) is 0 Å². The third-order valence-electron chi connectivity index (χ3n) is 3.56. The number of rotatable bonds is 1. The lowest BCUT2D eigenvalue weighted by Crippen LogP contribution is -2.29. The topological polar surface area (TPSA) is 27.0 Å². The second-order valence-electron chi connectivity index (χ2n) is 4.76. The Morgan fingerprint density at radius 1 is 1.31 bits per heavy atom. The number of aryl methyl sites for hydroxylation is 1. The Morgan fingerprint density at radius 2 is 2.00 bits per heavy atom. The van der Waals surface area contributed by atoms with Crippen LogP contribution in [-0.4, -0.2) is 25.0 Å². The van der Waals surface area contributed by atoms with Crippen LogP contribution in [0.4, 0.5) is 0 Å². The minimum Gasteiger partial charge on any atom is -0.306 e. The number of nitriles is 1. The van der Waals surface area contributed by atoms with Gasteiger partial charge in [0.2, 0.25) is 0 Å². The van der Waals surface area contributed by atoms with Crippen molar-refractivity contribution < 1.29 is 0 Å². The average molecular weight is 214 g/mol. The molecule has 2 nitrogen and oxygen atoms in total. The molecule has 0 atom stereocenters. The minimum absolute atomic E-state index is 0.683. The molecule has 0 unspecified atom stereocenters. The molecule has 1 heterocycles. The van der Waals surface area contributed by atoms with Crippen LogP contribution in [0.25, 0.3) is 0 Å². The summed E-state index contributed by atoms with van der Waals surface area (Å²) < 4.78 is 0. The molecule has 0 amide bonds. The highest BCUT2D eigenvalue weighted by molar-refractivity contribution is 5.40. The Kier molecular flexibility index (Phi) is 3.26. The van der Waals surface area contributed by atoms with Gasteiger partial charge in [0.15, 0.2) is 0 Å². The molecule has 2 rings (SSSR count). The highest BCUT2D eigenvalue weighted by Gasteiger charge is 2.18. The largest absolute Gasteiger partial charge is 0.306 e. The standard InChI is InChI=1S/C14H18N2/c1-11-9-13(3-4-14(11)10-15)12-5-7-16(2)8-6-12/h3-4,9,12H,5-8H2,1-2H3. The quantitative estimate of drug-likeness (QED) is 0.718. The second-order valence-corrected chi connectivity index (χ2v) is 4.76. The van der Waals surface area contributed by atoms with E-state index < -0.39 is 0 Å². The van der Waals surface area contributed by atoms with E-state index in [4.69, 9.17) is 5.26 Å². The second kappa shape index (κ2) is 4.67. The number of benzene rings is 1. The predicted molar refractivity (Wildman–Crippen MR) is 65.4 cm³/mol. The summed E-state index contributed by atoms with van der Waals surface area (Å²) in [7, 11) is 2.18. The van der Waals surface area contributed by atoms with Crippen LogP contribution in [0.1, 0.15) is 35.4 Å². The minimum atomic E-state index is 0.683. The van der Waals surface area contributed by atoms with Gasteiger partial charge in [-0.3, -0.25) is 0 Å². The molecule has 1 fully saturated rings. The summed E-state index contributed by atoms with van der Waals surface area (Å²) in [6.07, 6.45) is 2.48. The van der Waals surface area contributed by atoms with Gasteiger partial charge < -0.3 is 4.90 Å². The van der Waals surface area contributed by atoms with Gasteiger partial charge in [-0.15, -0.1) is 0 Å². The predicted octanol–water partition coefficient (Wildman–Crippen LogP) is 2.68. The summed E-state index contributed by atoms with van der Waals surface area (Å²) >= 11 is 0. The van der Waals surface area contributed by atoms with Gasteiger partial charge in [0.1, 0.15) is 0 Å². The van der Waals surface area contributed by atoms with Crippen LogP contribution >= 0.6 is 0 Å². The number of nitrogens with zero attached hydrogens (tertiary/aromatic N) is 2. The number of hydrogen-bond acceptors (Lipinski definition) is 2. The van der Waals surface area contributed by atoms with Crippen molar-refractivity contribution in [3.8, 4) is 6.07 Å². The van der Waals surface area contributed by atoms with Crippen LogP contribution in [0.2, 0.25) is 0 Å². The van der Waals surface area contributed by atoms with Crippen molar-refractivity contribution in [2.75, 3.05) is 20.1 Å². The highest BCUT2D eigenvalue weighted by Crippen LogP contribution is 2.28. The first-order chi connectivity index (χ1) is 7.70. The molecule has 0 radical (unpaired) electrons. The van der Waals surface area contributed by atoms with E-state index in [9.17, 15) is 0 Å². The lowest BCUT2D eigenvalue weighted by Gasteiger charge is -2.29. The fourth-order valence-electron chi connectivity index (χ4n) is 2.41. The summed E-state index contributed by atoms with van der Waals surface area (Å²) in [6, 6.07) is 8.50. The van der Waals surface area contributed by atoms with Crippen molar-refractivity contribution in [2.45, 2.75) is 25.7 Å². The van der Waals surface area contributed by atoms with Crippen LogP contribution in [0.5, 0.6) is 0 Å². The van der Waals surface area contributed by atoms with Gasteiger partial charge in [-0.05, 0) is 63.0 Å².